The van der Waals surface area contributed by atoms with Crippen LogP contribution in [0.1, 0.15) is 42.4 Å². The molecule has 2 atom stereocenters. The molecule has 2 aliphatic heterocycles. The Kier molecular flexibility index (Phi) is 4.99. The Bertz CT molecular complexity index is 657. The van der Waals surface area contributed by atoms with Crippen LogP contribution in [-0.2, 0) is 11.8 Å². The van der Waals surface area contributed by atoms with E-state index in [0.29, 0.717) is 31.9 Å². The van der Waals surface area contributed by atoms with E-state index in [1.807, 2.05) is 15.9 Å². The standard InChI is InChI=1S/C17H27N5O3/c1-11(2)12-9-15(20(3)19-12)16(23)21-6-5-14-13(10-21)18-17(24)22(14)7-8-25-4/h9,11,13-14H,5-8,10H2,1-4H3,(H,18,24)/t13-,14+/m1/s1. The maximum Gasteiger partial charge on any atom is 0.318 e. The van der Waals surface area contributed by atoms with Gasteiger partial charge < -0.3 is 19.9 Å². The van der Waals surface area contributed by atoms with Crippen molar-refractivity contribution < 1.29 is 14.3 Å². The average molecular weight is 349 g/mol. The lowest BCUT2D eigenvalue weighted by atomic mass is 9.99. The second-order valence-corrected chi connectivity index (χ2v) is 7.08. The Hall–Kier alpha value is -2.09. The van der Waals surface area contributed by atoms with Gasteiger partial charge in [-0.2, -0.15) is 5.10 Å². The molecule has 0 unspecified atom stereocenters. The van der Waals surface area contributed by atoms with Crippen LogP contribution in [-0.4, -0.2) is 77.0 Å². The number of ether oxygens (including phenoxy) is 1. The van der Waals surface area contributed by atoms with Crippen molar-refractivity contribution in [3.63, 3.8) is 0 Å². The molecule has 8 heteroatoms. The lowest BCUT2D eigenvalue weighted by Crippen LogP contribution is -2.53. The zero-order valence-electron chi connectivity index (χ0n) is 15.4. The number of methoxy groups -OCH3 is 1. The van der Waals surface area contributed by atoms with E-state index >= 15 is 0 Å². The van der Waals surface area contributed by atoms with Gasteiger partial charge in [-0.15, -0.1) is 0 Å². The van der Waals surface area contributed by atoms with Crippen LogP contribution < -0.4 is 5.32 Å². The van der Waals surface area contributed by atoms with Gasteiger partial charge >= 0.3 is 6.03 Å². The Morgan fingerprint density at radius 3 is 2.88 bits per heavy atom. The predicted octanol–water partition coefficient (Wildman–Crippen LogP) is 0.798. The lowest BCUT2D eigenvalue weighted by molar-refractivity contribution is 0.0631. The summed E-state index contributed by atoms with van der Waals surface area (Å²) in [6.07, 6.45) is 0.772. The minimum absolute atomic E-state index is 0.0232. The SMILES string of the molecule is COCCN1C(=O)N[C@@H]2CN(C(=O)c3cc(C(C)C)nn3C)CC[C@@H]21. The Balaban J connectivity index is 1.69. The van der Waals surface area contributed by atoms with E-state index in [1.165, 1.54) is 0 Å². The molecule has 0 spiro atoms. The van der Waals surface area contributed by atoms with Gasteiger partial charge in [-0.3, -0.25) is 9.48 Å². The van der Waals surface area contributed by atoms with E-state index in [9.17, 15) is 9.59 Å². The minimum atomic E-state index is -0.0658. The molecular weight excluding hydrogens is 322 g/mol. The van der Waals surface area contributed by atoms with Crippen LogP contribution in [0.25, 0.3) is 0 Å². The number of nitrogens with zero attached hydrogens (tertiary/aromatic N) is 4. The van der Waals surface area contributed by atoms with Gasteiger partial charge in [0.25, 0.3) is 5.91 Å². The molecular formula is C17H27N5O3. The first-order valence-corrected chi connectivity index (χ1v) is 8.81. The van der Waals surface area contributed by atoms with E-state index in [-0.39, 0.29) is 29.9 Å². The van der Waals surface area contributed by atoms with E-state index in [0.717, 1.165) is 12.1 Å². The molecule has 3 rings (SSSR count). The highest BCUT2D eigenvalue weighted by Gasteiger charge is 2.43. The van der Waals surface area contributed by atoms with Gasteiger partial charge in [0, 0.05) is 33.8 Å². The highest BCUT2D eigenvalue weighted by Crippen LogP contribution is 2.24. The van der Waals surface area contributed by atoms with Crippen LogP contribution in [0.2, 0.25) is 0 Å². The van der Waals surface area contributed by atoms with Crippen LogP contribution in [0, 0.1) is 0 Å². The van der Waals surface area contributed by atoms with Gasteiger partial charge in [-0.05, 0) is 18.4 Å². The topological polar surface area (TPSA) is 79.7 Å². The summed E-state index contributed by atoms with van der Waals surface area (Å²) < 4.78 is 6.74. The van der Waals surface area contributed by atoms with Crippen molar-refractivity contribution in [3.05, 3.63) is 17.5 Å². The number of hydrogen-bond donors (Lipinski definition) is 1. The van der Waals surface area contributed by atoms with Crippen LogP contribution in [0.15, 0.2) is 6.07 Å². The van der Waals surface area contributed by atoms with Gasteiger partial charge in [0.1, 0.15) is 5.69 Å². The Morgan fingerprint density at radius 2 is 2.24 bits per heavy atom. The summed E-state index contributed by atoms with van der Waals surface area (Å²) in [6.45, 7) is 6.39. The Labute approximate surface area is 148 Å². The van der Waals surface area contributed by atoms with Gasteiger partial charge in [-0.25, -0.2) is 4.79 Å². The van der Waals surface area contributed by atoms with Crippen LogP contribution in [0.3, 0.4) is 0 Å². The van der Waals surface area contributed by atoms with Gasteiger partial charge in [0.05, 0.1) is 24.4 Å². The molecule has 0 aromatic carbocycles. The summed E-state index contributed by atoms with van der Waals surface area (Å²) >= 11 is 0. The molecule has 0 bridgehead atoms. The number of piperidine rings is 1. The molecule has 2 fully saturated rings. The molecule has 2 saturated heterocycles. The van der Waals surface area contributed by atoms with Gasteiger partial charge in [0.15, 0.2) is 0 Å². The smallest absolute Gasteiger partial charge is 0.318 e. The third-order valence-electron chi connectivity index (χ3n) is 5.08. The van der Waals surface area contributed by atoms with Crippen molar-refractivity contribution in [2.24, 2.45) is 7.05 Å². The largest absolute Gasteiger partial charge is 0.383 e. The monoisotopic (exact) mass is 349 g/mol. The molecule has 1 aromatic rings. The summed E-state index contributed by atoms with van der Waals surface area (Å²) in [7, 11) is 3.43. The number of amides is 3. The maximum atomic E-state index is 12.9. The molecule has 0 aliphatic carbocycles. The summed E-state index contributed by atoms with van der Waals surface area (Å²) in [6, 6.07) is 1.91. The molecule has 1 N–H and O–H groups in total. The molecule has 3 amide bonds. The fraction of sp³-hybridized carbons (Fsp3) is 0.706. The fourth-order valence-electron chi connectivity index (χ4n) is 3.62. The number of carbonyl (C=O) groups excluding carboxylic acids is 2. The number of rotatable bonds is 5. The second kappa shape index (κ2) is 7.03. The third kappa shape index (κ3) is 3.35. The first kappa shape index (κ1) is 17.7. The molecule has 25 heavy (non-hydrogen) atoms. The number of carbonyl (C=O) groups is 2. The number of fused-ring (bicyclic) bond motifs is 1. The number of likely N-dealkylation sites (tertiary alicyclic amines) is 1. The first-order chi connectivity index (χ1) is 11.9. The normalized spacial score (nSPS) is 23.2. The molecule has 8 nitrogen and oxygen atoms in total. The number of urea groups is 1. The van der Waals surface area contributed by atoms with Crippen LogP contribution >= 0.6 is 0 Å². The molecule has 0 radical (unpaired) electrons. The molecule has 0 saturated carbocycles. The quantitative estimate of drug-likeness (QED) is 0.853. The van der Waals surface area contributed by atoms with E-state index < -0.39 is 0 Å². The number of aryl methyl sites for hydroxylation is 1. The zero-order valence-corrected chi connectivity index (χ0v) is 15.4. The maximum absolute atomic E-state index is 12.9. The highest BCUT2D eigenvalue weighted by atomic mass is 16.5. The number of nitrogens with one attached hydrogen (secondary N) is 1. The zero-order chi connectivity index (χ0) is 18.1. The van der Waals surface area contributed by atoms with E-state index in [4.69, 9.17) is 4.74 Å². The van der Waals surface area contributed by atoms with Crippen LogP contribution in [0.5, 0.6) is 0 Å². The van der Waals surface area contributed by atoms with E-state index in [2.05, 4.69) is 24.3 Å². The lowest BCUT2D eigenvalue weighted by Gasteiger charge is -2.36. The van der Waals surface area contributed by atoms with E-state index in [1.54, 1.807) is 18.8 Å². The predicted molar refractivity (Wildman–Crippen MR) is 92.5 cm³/mol. The molecule has 3 heterocycles. The highest BCUT2D eigenvalue weighted by molar-refractivity contribution is 5.93. The third-order valence-corrected chi connectivity index (χ3v) is 5.08. The van der Waals surface area contributed by atoms with Crippen molar-refractivity contribution in [2.45, 2.75) is 38.3 Å². The van der Waals surface area contributed by atoms with Crippen molar-refractivity contribution in [1.29, 1.82) is 0 Å². The fourth-order valence-corrected chi connectivity index (χ4v) is 3.62. The minimum Gasteiger partial charge on any atom is -0.383 e. The second-order valence-electron chi connectivity index (χ2n) is 7.08. The summed E-state index contributed by atoms with van der Waals surface area (Å²) in [4.78, 5) is 28.7. The van der Waals surface area contributed by atoms with Crippen molar-refractivity contribution >= 4 is 11.9 Å². The Morgan fingerprint density at radius 1 is 1.48 bits per heavy atom. The van der Waals surface area contributed by atoms with Gasteiger partial charge in [-0.1, -0.05) is 13.8 Å². The molecule has 138 valence electrons. The average Bonchev–Trinajstić information content (AvgIpc) is 3.11. The molecule has 2 aliphatic rings. The van der Waals surface area contributed by atoms with Crippen molar-refractivity contribution in [1.82, 2.24) is 24.9 Å². The summed E-state index contributed by atoms with van der Waals surface area (Å²) in [5.41, 5.74) is 1.52. The number of aromatic nitrogens is 2. The van der Waals surface area contributed by atoms with Crippen molar-refractivity contribution in [2.75, 3.05) is 33.4 Å². The summed E-state index contributed by atoms with van der Waals surface area (Å²) in [5.74, 6) is 0.256. The van der Waals surface area contributed by atoms with Crippen LogP contribution in [0.4, 0.5) is 4.79 Å². The number of hydrogen-bond acceptors (Lipinski definition) is 4. The summed E-state index contributed by atoms with van der Waals surface area (Å²) in [5, 5.41) is 7.43. The van der Waals surface area contributed by atoms with Crippen molar-refractivity contribution in [3.8, 4) is 0 Å². The molecule has 1 aromatic heterocycles. The van der Waals surface area contributed by atoms with Gasteiger partial charge in [0.2, 0.25) is 0 Å². The first-order valence-electron chi connectivity index (χ1n) is 8.81.